The Balaban J connectivity index is 4.69. The molecule has 0 fully saturated rings. The van der Waals surface area contributed by atoms with Gasteiger partial charge in [-0.2, -0.15) is 0 Å². The Kier molecular flexibility index (Phi) is 38.4. The molecule has 6 heteroatoms. The average Bonchev–Trinajstić information content (AvgIpc) is 3.15. The van der Waals surface area contributed by atoms with Crippen LogP contribution in [0.15, 0.2) is 72.9 Å². The zero-order valence-electron chi connectivity index (χ0n) is 34.4. The van der Waals surface area contributed by atoms with E-state index in [9.17, 15) is 19.8 Å². The van der Waals surface area contributed by atoms with Gasteiger partial charge in [0.15, 0.2) is 0 Å². The first-order chi connectivity index (χ1) is 26.0. The number of unbranched alkanes of at least 4 members (excludes halogenated alkanes) is 17. The normalized spacial score (nSPS) is 14.1. The molecule has 1 amide bonds. The fraction of sp³-hybridized carbons (Fsp3) is 0.702. The molecule has 53 heavy (non-hydrogen) atoms. The number of hydrogen-bond acceptors (Lipinski definition) is 5. The highest BCUT2D eigenvalue weighted by Crippen LogP contribution is 2.16. The van der Waals surface area contributed by atoms with E-state index in [1.807, 2.05) is 12.2 Å². The van der Waals surface area contributed by atoms with Crippen molar-refractivity contribution in [3.05, 3.63) is 72.9 Å². The van der Waals surface area contributed by atoms with E-state index >= 15 is 0 Å². The van der Waals surface area contributed by atoms with Gasteiger partial charge in [0.1, 0.15) is 6.10 Å². The number of aliphatic hydroxyl groups is 2. The zero-order valence-corrected chi connectivity index (χ0v) is 34.4. The highest BCUT2D eigenvalue weighted by molar-refractivity contribution is 5.77. The van der Waals surface area contributed by atoms with E-state index in [0.29, 0.717) is 19.3 Å². The summed E-state index contributed by atoms with van der Waals surface area (Å²) in [6.45, 7) is 6.16. The number of rotatable bonds is 37. The Bertz CT molecular complexity index is 1010. The molecule has 3 atom stereocenters. The minimum absolute atomic E-state index is 0.0424. The largest absolute Gasteiger partial charge is 0.462 e. The van der Waals surface area contributed by atoms with Crippen molar-refractivity contribution in [3.63, 3.8) is 0 Å². The summed E-state index contributed by atoms with van der Waals surface area (Å²) in [6.07, 6.45) is 49.6. The van der Waals surface area contributed by atoms with Gasteiger partial charge in [0.25, 0.3) is 0 Å². The van der Waals surface area contributed by atoms with Crippen molar-refractivity contribution in [1.29, 1.82) is 0 Å². The highest BCUT2D eigenvalue weighted by atomic mass is 16.5. The summed E-state index contributed by atoms with van der Waals surface area (Å²) in [5.74, 6) is -0.543. The van der Waals surface area contributed by atoms with Gasteiger partial charge in [-0.05, 0) is 64.2 Å². The van der Waals surface area contributed by atoms with Gasteiger partial charge >= 0.3 is 5.97 Å². The van der Waals surface area contributed by atoms with Gasteiger partial charge in [0, 0.05) is 6.42 Å². The molecular weight excluding hydrogens is 659 g/mol. The van der Waals surface area contributed by atoms with E-state index in [2.05, 4.69) is 86.8 Å². The number of carbonyl (C=O) groups is 2. The first kappa shape index (κ1) is 50.3. The second-order valence-corrected chi connectivity index (χ2v) is 14.5. The molecule has 0 saturated carbocycles. The van der Waals surface area contributed by atoms with Crippen molar-refractivity contribution in [1.82, 2.24) is 5.32 Å². The topological polar surface area (TPSA) is 95.9 Å². The van der Waals surface area contributed by atoms with Crippen LogP contribution in [0.1, 0.15) is 188 Å². The van der Waals surface area contributed by atoms with Crippen molar-refractivity contribution < 1.29 is 24.5 Å². The fourth-order valence-electron chi connectivity index (χ4n) is 6.13. The van der Waals surface area contributed by atoms with Gasteiger partial charge in [-0.15, -0.1) is 0 Å². The van der Waals surface area contributed by atoms with Crippen molar-refractivity contribution in [2.45, 2.75) is 206 Å². The molecule has 3 unspecified atom stereocenters. The fourth-order valence-corrected chi connectivity index (χ4v) is 6.13. The summed E-state index contributed by atoms with van der Waals surface area (Å²) in [5.41, 5.74) is 0. The van der Waals surface area contributed by atoms with E-state index in [1.54, 1.807) is 0 Å². The minimum atomic E-state index is -0.801. The van der Waals surface area contributed by atoms with E-state index in [4.69, 9.17) is 4.74 Å². The van der Waals surface area contributed by atoms with Crippen LogP contribution < -0.4 is 5.32 Å². The van der Waals surface area contributed by atoms with Crippen LogP contribution in [0, 0.1) is 0 Å². The second-order valence-electron chi connectivity index (χ2n) is 14.5. The molecule has 0 spiro atoms. The Labute approximate surface area is 326 Å². The molecule has 0 aliphatic heterocycles. The SMILES string of the molecule is CC/C=C/C=C/C=C\CCCCCCCC(=O)OC(CCCCC\C=C/C=C/C=C/CC)CC(=O)NC(CO)C(O)CCCCCCCCCCCC. The van der Waals surface area contributed by atoms with Crippen molar-refractivity contribution >= 4 is 11.9 Å². The number of allylic oxidation sites excluding steroid dienone is 12. The molecule has 0 saturated heterocycles. The molecule has 0 radical (unpaired) electrons. The van der Waals surface area contributed by atoms with Crippen LogP contribution >= 0.6 is 0 Å². The van der Waals surface area contributed by atoms with Crippen LogP contribution in [0.5, 0.6) is 0 Å². The molecule has 3 N–H and O–H groups in total. The van der Waals surface area contributed by atoms with Crippen LogP contribution in [0.4, 0.5) is 0 Å². The predicted octanol–water partition coefficient (Wildman–Crippen LogP) is 12.3. The van der Waals surface area contributed by atoms with Crippen molar-refractivity contribution in [3.8, 4) is 0 Å². The molecule has 6 nitrogen and oxygen atoms in total. The minimum Gasteiger partial charge on any atom is -0.462 e. The Morgan fingerprint density at radius 3 is 1.55 bits per heavy atom. The van der Waals surface area contributed by atoms with E-state index in [1.165, 1.54) is 44.9 Å². The van der Waals surface area contributed by atoms with Crippen molar-refractivity contribution in [2.75, 3.05) is 6.61 Å². The third-order valence-corrected chi connectivity index (χ3v) is 9.40. The number of hydrogen-bond donors (Lipinski definition) is 3. The molecule has 0 heterocycles. The molecule has 0 aliphatic carbocycles. The third kappa shape index (κ3) is 36.1. The molecule has 0 aromatic heterocycles. The third-order valence-electron chi connectivity index (χ3n) is 9.40. The molecule has 0 aromatic rings. The smallest absolute Gasteiger partial charge is 0.306 e. The second kappa shape index (κ2) is 40.5. The lowest BCUT2D eigenvalue weighted by atomic mass is 10.0. The molecule has 0 rings (SSSR count). The lowest BCUT2D eigenvalue weighted by molar-refractivity contribution is -0.151. The summed E-state index contributed by atoms with van der Waals surface area (Å²) in [7, 11) is 0. The van der Waals surface area contributed by atoms with Gasteiger partial charge in [-0.3, -0.25) is 9.59 Å². The summed E-state index contributed by atoms with van der Waals surface area (Å²) in [4.78, 5) is 25.9. The number of aliphatic hydroxyl groups excluding tert-OH is 2. The van der Waals surface area contributed by atoms with Crippen molar-refractivity contribution in [2.24, 2.45) is 0 Å². The number of esters is 1. The number of ether oxygens (including phenoxy) is 1. The highest BCUT2D eigenvalue weighted by Gasteiger charge is 2.24. The summed E-state index contributed by atoms with van der Waals surface area (Å²) in [6, 6.07) is -0.717. The van der Waals surface area contributed by atoms with Crippen LogP contribution in [0.2, 0.25) is 0 Å². The molecule has 0 aromatic carbocycles. The average molecular weight is 740 g/mol. The van der Waals surface area contributed by atoms with Gasteiger partial charge in [0.05, 0.1) is 25.2 Å². The number of amides is 1. The Morgan fingerprint density at radius 2 is 1.02 bits per heavy atom. The molecular formula is C47H81NO5. The zero-order chi connectivity index (χ0) is 38.9. The van der Waals surface area contributed by atoms with E-state index in [-0.39, 0.29) is 24.9 Å². The Morgan fingerprint density at radius 1 is 0.566 bits per heavy atom. The first-order valence-electron chi connectivity index (χ1n) is 21.7. The lowest BCUT2D eigenvalue weighted by Gasteiger charge is -2.24. The number of nitrogens with one attached hydrogen (secondary N) is 1. The number of carbonyl (C=O) groups excluding carboxylic acids is 2. The van der Waals surface area contributed by atoms with Crippen LogP contribution in [0.25, 0.3) is 0 Å². The maximum atomic E-state index is 13.1. The van der Waals surface area contributed by atoms with Gasteiger partial charge in [-0.25, -0.2) is 0 Å². The summed E-state index contributed by atoms with van der Waals surface area (Å²) in [5, 5.41) is 23.5. The molecule has 0 aliphatic rings. The monoisotopic (exact) mass is 740 g/mol. The standard InChI is InChI=1S/C47H81NO5/c1-4-7-10-13-16-19-22-23-25-28-31-34-37-40-47(52)53-43(38-35-32-29-26-24-20-17-14-11-8-5-2)41-46(51)48-44(42-49)45(50)39-36-33-30-27-21-18-15-12-9-6-3/h7-8,10-11,13-14,16-17,19-20,22,24,43-45,49-50H,4-6,9,12,15,18,21,23,25-42H2,1-3H3,(H,48,51)/b10-7+,11-8+,16-13+,17-14+,22-19-,24-20-. The molecule has 0 bridgehead atoms. The van der Waals surface area contributed by atoms with Crippen LogP contribution in [-0.2, 0) is 14.3 Å². The van der Waals surface area contributed by atoms with Gasteiger partial charge in [0.2, 0.25) is 5.91 Å². The predicted molar refractivity (Wildman–Crippen MR) is 227 cm³/mol. The maximum absolute atomic E-state index is 13.1. The first-order valence-corrected chi connectivity index (χ1v) is 21.7. The van der Waals surface area contributed by atoms with Crippen LogP contribution in [0.3, 0.4) is 0 Å². The van der Waals surface area contributed by atoms with Gasteiger partial charge in [-0.1, -0.05) is 184 Å². The molecule has 304 valence electrons. The van der Waals surface area contributed by atoms with Crippen LogP contribution in [-0.4, -0.2) is 46.9 Å². The summed E-state index contributed by atoms with van der Waals surface area (Å²) < 4.78 is 5.86. The van der Waals surface area contributed by atoms with E-state index in [0.717, 1.165) is 96.3 Å². The Hall–Kier alpha value is -2.70. The van der Waals surface area contributed by atoms with E-state index < -0.39 is 18.2 Å². The van der Waals surface area contributed by atoms with Gasteiger partial charge < -0.3 is 20.3 Å². The maximum Gasteiger partial charge on any atom is 0.306 e. The lowest BCUT2D eigenvalue weighted by Crippen LogP contribution is -2.46. The summed E-state index contributed by atoms with van der Waals surface area (Å²) >= 11 is 0. The quantitative estimate of drug-likeness (QED) is 0.0335.